The summed E-state index contributed by atoms with van der Waals surface area (Å²) in [6, 6.07) is 14.4. The van der Waals surface area contributed by atoms with E-state index in [-0.39, 0.29) is 17.1 Å². The molecule has 0 spiro atoms. The third-order valence-electron chi connectivity index (χ3n) is 3.39. The summed E-state index contributed by atoms with van der Waals surface area (Å²) in [6.07, 6.45) is 6.18. The number of aromatic nitrogens is 2. The molecule has 1 aromatic heterocycles. The minimum absolute atomic E-state index is 0.116. The Balaban J connectivity index is 1.67. The van der Waals surface area contributed by atoms with Crippen molar-refractivity contribution in [1.29, 1.82) is 0 Å². The number of carbonyl (C=O) groups excluding carboxylic acids is 1. The predicted molar refractivity (Wildman–Crippen MR) is 90.8 cm³/mol. The molecular weight excluding hydrogens is 304 g/mol. The van der Waals surface area contributed by atoms with Crippen LogP contribution in [-0.4, -0.2) is 20.9 Å². The zero-order valence-corrected chi connectivity index (χ0v) is 12.8. The highest BCUT2D eigenvalue weighted by Crippen LogP contribution is 2.25. The smallest absolute Gasteiger partial charge is 0.189 e. The molecule has 5 nitrogen and oxygen atoms in total. The van der Waals surface area contributed by atoms with E-state index in [1.807, 2.05) is 30.3 Å². The van der Waals surface area contributed by atoms with Gasteiger partial charge in [-0.25, -0.2) is 4.98 Å². The van der Waals surface area contributed by atoms with Gasteiger partial charge in [-0.3, -0.25) is 4.79 Å². The molecule has 1 heterocycles. The van der Waals surface area contributed by atoms with Gasteiger partial charge in [-0.15, -0.1) is 0 Å². The number of nitrogens with one attached hydrogen (secondary N) is 1. The standard InChI is InChI=1S/C19H16N2O3/c22-17(8-9-19-20-10-11-21-19)16-7-6-15(12-18(16)23)24-13-14-4-2-1-3-5-14/h1-12,23H,13H2,(H,20,21)/b9-8+. The number of ether oxygens (including phenoxy) is 1. The highest BCUT2D eigenvalue weighted by Gasteiger charge is 2.10. The quantitative estimate of drug-likeness (QED) is 0.537. The molecule has 120 valence electrons. The van der Waals surface area contributed by atoms with Crippen molar-refractivity contribution < 1.29 is 14.6 Å². The van der Waals surface area contributed by atoms with Crippen molar-refractivity contribution in [1.82, 2.24) is 9.97 Å². The maximum Gasteiger partial charge on any atom is 0.189 e. The summed E-state index contributed by atoms with van der Waals surface area (Å²) >= 11 is 0. The summed E-state index contributed by atoms with van der Waals surface area (Å²) < 4.78 is 5.62. The normalized spacial score (nSPS) is 10.8. The van der Waals surface area contributed by atoms with E-state index >= 15 is 0 Å². The molecule has 3 aromatic rings. The molecule has 0 unspecified atom stereocenters. The third-order valence-corrected chi connectivity index (χ3v) is 3.39. The molecule has 2 N–H and O–H groups in total. The summed E-state index contributed by atoms with van der Waals surface area (Å²) in [4.78, 5) is 19.0. The minimum Gasteiger partial charge on any atom is -0.507 e. The first-order chi connectivity index (χ1) is 11.7. The average molecular weight is 320 g/mol. The molecule has 0 aliphatic heterocycles. The number of imidazole rings is 1. The third kappa shape index (κ3) is 3.89. The molecule has 2 aromatic carbocycles. The predicted octanol–water partition coefficient (Wildman–Crippen LogP) is 3.59. The Morgan fingerprint density at radius 3 is 2.75 bits per heavy atom. The van der Waals surface area contributed by atoms with E-state index in [0.29, 0.717) is 18.2 Å². The van der Waals surface area contributed by atoms with Crippen LogP contribution in [0.25, 0.3) is 6.08 Å². The number of rotatable bonds is 6. The van der Waals surface area contributed by atoms with E-state index in [1.165, 1.54) is 12.1 Å². The van der Waals surface area contributed by atoms with E-state index in [2.05, 4.69) is 9.97 Å². The van der Waals surface area contributed by atoms with Crippen LogP contribution in [-0.2, 0) is 6.61 Å². The Labute approximate surface area is 139 Å². The second-order valence-corrected chi connectivity index (χ2v) is 5.13. The summed E-state index contributed by atoms with van der Waals surface area (Å²) in [5, 5.41) is 10.1. The maximum absolute atomic E-state index is 12.1. The van der Waals surface area contributed by atoms with Gasteiger partial charge in [0, 0.05) is 18.5 Å². The number of carbonyl (C=O) groups is 1. The number of allylic oxidation sites excluding steroid dienone is 1. The highest BCUT2D eigenvalue weighted by molar-refractivity contribution is 6.08. The summed E-state index contributed by atoms with van der Waals surface area (Å²) in [5.41, 5.74) is 1.24. The topological polar surface area (TPSA) is 75.2 Å². The van der Waals surface area contributed by atoms with Gasteiger partial charge in [0.05, 0.1) is 5.56 Å². The first-order valence-electron chi connectivity index (χ1n) is 7.44. The van der Waals surface area contributed by atoms with Gasteiger partial charge in [0.2, 0.25) is 0 Å². The van der Waals surface area contributed by atoms with Crippen LogP contribution in [0.3, 0.4) is 0 Å². The van der Waals surface area contributed by atoms with Crippen molar-refractivity contribution in [2.75, 3.05) is 0 Å². The first kappa shape index (κ1) is 15.6. The molecule has 0 atom stereocenters. The Kier molecular flexibility index (Phi) is 4.72. The number of nitrogens with zero attached hydrogens (tertiary/aromatic N) is 1. The number of H-pyrrole nitrogens is 1. The van der Waals surface area contributed by atoms with E-state index < -0.39 is 0 Å². The van der Waals surface area contributed by atoms with Gasteiger partial charge in [-0.05, 0) is 29.8 Å². The molecule has 0 saturated heterocycles. The lowest BCUT2D eigenvalue weighted by molar-refractivity contribution is 0.104. The maximum atomic E-state index is 12.1. The van der Waals surface area contributed by atoms with Crippen molar-refractivity contribution in [3.05, 3.63) is 84.0 Å². The van der Waals surface area contributed by atoms with Gasteiger partial charge in [0.15, 0.2) is 5.78 Å². The molecule has 0 aliphatic rings. The highest BCUT2D eigenvalue weighted by atomic mass is 16.5. The zero-order valence-electron chi connectivity index (χ0n) is 12.8. The van der Waals surface area contributed by atoms with Gasteiger partial charge in [0.25, 0.3) is 0 Å². The molecule has 0 saturated carbocycles. The van der Waals surface area contributed by atoms with Gasteiger partial charge in [-0.2, -0.15) is 0 Å². The number of benzene rings is 2. The lowest BCUT2D eigenvalue weighted by Gasteiger charge is -2.08. The minimum atomic E-state index is -0.307. The zero-order chi connectivity index (χ0) is 16.8. The van der Waals surface area contributed by atoms with Crippen LogP contribution in [0.15, 0.2) is 67.0 Å². The van der Waals surface area contributed by atoms with E-state index in [4.69, 9.17) is 4.74 Å². The number of phenols is 1. The Morgan fingerprint density at radius 2 is 2.04 bits per heavy atom. The second kappa shape index (κ2) is 7.28. The molecule has 0 bridgehead atoms. The largest absolute Gasteiger partial charge is 0.507 e. The molecule has 0 radical (unpaired) electrons. The number of phenolic OH excluding ortho intramolecular Hbond substituents is 1. The van der Waals surface area contributed by atoms with E-state index in [9.17, 15) is 9.90 Å². The van der Waals surface area contributed by atoms with Gasteiger partial charge in [0.1, 0.15) is 23.9 Å². The first-order valence-corrected chi connectivity index (χ1v) is 7.44. The molecular formula is C19H16N2O3. The number of hydrogen-bond acceptors (Lipinski definition) is 4. The number of aromatic hydroxyl groups is 1. The summed E-state index contributed by atoms with van der Waals surface area (Å²) in [5.74, 6) is 0.654. The molecule has 0 aliphatic carbocycles. The Hall–Kier alpha value is -3.34. The van der Waals surface area contributed by atoms with Crippen molar-refractivity contribution >= 4 is 11.9 Å². The van der Waals surface area contributed by atoms with Crippen LogP contribution < -0.4 is 4.74 Å². The monoisotopic (exact) mass is 320 g/mol. The summed E-state index contributed by atoms with van der Waals surface area (Å²) in [6.45, 7) is 0.395. The van der Waals surface area contributed by atoms with Crippen LogP contribution >= 0.6 is 0 Å². The van der Waals surface area contributed by atoms with E-state index in [0.717, 1.165) is 5.56 Å². The fourth-order valence-electron chi connectivity index (χ4n) is 2.16. The SMILES string of the molecule is O=C(/C=C/c1ncc[nH]1)c1ccc(OCc2ccccc2)cc1O. The molecule has 0 fully saturated rings. The van der Waals surface area contributed by atoms with Crippen LogP contribution in [0.4, 0.5) is 0 Å². The van der Waals surface area contributed by atoms with Gasteiger partial charge in [-0.1, -0.05) is 30.3 Å². The average Bonchev–Trinajstić information content (AvgIpc) is 3.12. The lowest BCUT2D eigenvalue weighted by atomic mass is 10.1. The van der Waals surface area contributed by atoms with Crippen LogP contribution in [0.5, 0.6) is 11.5 Å². The van der Waals surface area contributed by atoms with Crippen molar-refractivity contribution in [3.8, 4) is 11.5 Å². The fourth-order valence-corrected chi connectivity index (χ4v) is 2.16. The van der Waals surface area contributed by atoms with Crippen LogP contribution in [0.2, 0.25) is 0 Å². The van der Waals surface area contributed by atoms with Crippen molar-refractivity contribution in [2.24, 2.45) is 0 Å². The van der Waals surface area contributed by atoms with Crippen molar-refractivity contribution in [2.45, 2.75) is 6.61 Å². The van der Waals surface area contributed by atoms with E-state index in [1.54, 1.807) is 30.6 Å². The second-order valence-electron chi connectivity index (χ2n) is 5.13. The molecule has 5 heteroatoms. The van der Waals surface area contributed by atoms with Gasteiger partial charge >= 0.3 is 0 Å². The molecule has 0 amide bonds. The number of aromatic amines is 1. The molecule has 24 heavy (non-hydrogen) atoms. The van der Waals surface area contributed by atoms with Gasteiger partial charge < -0.3 is 14.8 Å². The fraction of sp³-hybridized carbons (Fsp3) is 0.0526. The Bertz CT molecular complexity index is 840. The van der Waals surface area contributed by atoms with Crippen LogP contribution in [0, 0.1) is 0 Å². The lowest BCUT2D eigenvalue weighted by Crippen LogP contribution is -1.98. The van der Waals surface area contributed by atoms with Crippen LogP contribution in [0.1, 0.15) is 21.7 Å². The number of hydrogen-bond donors (Lipinski definition) is 2. The number of ketones is 1. The summed E-state index contributed by atoms with van der Waals surface area (Å²) in [7, 11) is 0. The Morgan fingerprint density at radius 1 is 1.21 bits per heavy atom. The van der Waals surface area contributed by atoms with Crippen molar-refractivity contribution in [3.63, 3.8) is 0 Å². The molecule has 3 rings (SSSR count).